The lowest BCUT2D eigenvalue weighted by atomic mass is 9.72. The largest absolute Gasteiger partial charge is 0.378 e. The second kappa shape index (κ2) is 5.02. The number of carbonyl (C=O) groups is 1. The number of carbonyl (C=O) groups excluding carboxylic acids is 1. The first-order valence-electron chi connectivity index (χ1n) is 6.58. The van der Waals surface area contributed by atoms with Gasteiger partial charge in [-0.25, -0.2) is 0 Å². The number of methoxy groups -OCH3 is 1. The van der Waals surface area contributed by atoms with Crippen molar-refractivity contribution in [3.63, 3.8) is 0 Å². The van der Waals surface area contributed by atoms with Crippen molar-refractivity contribution < 1.29 is 14.3 Å². The Labute approximate surface area is 109 Å². The molecule has 2 rings (SSSR count). The molecule has 0 radical (unpaired) electrons. The SMILES string of the molecule is COC1(CC2(C)CC=CN(C)C2=O)CCCOC1. The van der Waals surface area contributed by atoms with Crippen LogP contribution < -0.4 is 0 Å². The van der Waals surface area contributed by atoms with Crippen LogP contribution in [0.2, 0.25) is 0 Å². The molecule has 2 unspecified atom stereocenters. The van der Waals surface area contributed by atoms with Crippen LogP contribution in [0, 0.1) is 5.41 Å². The number of allylic oxidation sites excluding steroid dienone is 1. The molecule has 0 spiro atoms. The smallest absolute Gasteiger partial charge is 0.232 e. The Kier molecular flexibility index (Phi) is 3.78. The average molecular weight is 253 g/mol. The molecule has 4 heteroatoms. The van der Waals surface area contributed by atoms with Crippen molar-refractivity contribution in [2.24, 2.45) is 5.41 Å². The molecule has 2 atom stereocenters. The predicted octanol–water partition coefficient (Wildman–Crippen LogP) is 1.95. The Morgan fingerprint density at radius 2 is 2.33 bits per heavy atom. The highest BCUT2D eigenvalue weighted by Gasteiger charge is 2.45. The van der Waals surface area contributed by atoms with E-state index >= 15 is 0 Å². The molecule has 0 aromatic rings. The van der Waals surface area contributed by atoms with Crippen molar-refractivity contribution in [2.45, 2.75) is 38.2 Å². The fourth-order valence-electron chi connectivity index (χ4n) is 3.11. The van der Waals surface area contributed by atoms with E-state index in [-0.39, 0.29) is 16.9 Å². The molecule has 2 aliphatic rings. The molecule has 0 aromatic carbocycles. The van der Waals surface area contributed by atoms with Crippen LogP contribution in [-0.2, 0) is 14.3 Å². The quantitative estimate of drug-likeness (QED) is 0.771. The van der Waals surface area contributed by atoms with Gasteiger partial charge in [0.1, 0.15) is 0 Å². The van der Waals surface area contributed by atoms with Gasteiger partial charge in [-0.1, -0.05) is 13.0 Å². The summed E-state index contributed by atoms with van der Waals surface area (Å²) in [6.07, 6.45) is 7.39. The highest BCUT2D eigenvalue weighted by atomic mass is 16.5. The number of rotatable bonds is 3. The molecule has 0 N–H and O–H groups in total. The summed E-state index contributed by atoms with van der Waals surface area (Å²) in [6.45, 7) is 3.43. The summed E-state index contributed by atoms with van der Waals surface area (Å²) >= 11 is 0. The highest BCUT2D eigenvalue weighted by Crippen LogP contribution is 2.41. The number of nitrogens with zero attached hydrogens (tertiary/aromatic N) is 1. The van der Waals surface area contributed by atoms with E-state index in [4.69, 9.17) is 9.47 Å². The van der Waals surface area contributed by atoms with Crippen LogP contribution >= 0.6 is 0 Å². The average Bonchev–Trinajstić information content (AvgIpc) is 2.37. The van der Waals surface area contributed by atoms with Gasteiger partial charge in [-0.3, -0.25) is 4.79 Å². The van der Waals surface area contributed by atoms with Crippen molar-refractivity contribution in [1.29, 1.82) is 0 Å². The monoisotopic (exact) mass is 253 g/mol. The van der Waals surface area contributed by atoms with E-state index in [2.05, 4.69) is 6.08 Å². The Morgan fingerprint density at radius 1 is 1.56 bits per heavy atom. The molecule has 0 aliphatic carbocycles. The third kappa shape index (κ3) is 2.45. The van der Waals surface area contributed by atoms with Gasteiger partial charge in [-0.2, -0.15) is 0 Å². The molecule has 102 valence electrons. The molecule has 1 amide bonds. The van der Waals surface area contributed by atoms with Gasteiger partial charge in [-0.05, 0) is 25.7 Å². The van der Waals surface area contributed by atoms with E-state index in [0.29, 0.717) is 6.61 Å². The van der Waals surface area contributed by atoms with Crippen molar-refractivity contribution in [1.82, 2.24) is 4.90 Å². The predicted molar refractivity (Wildman–Crippen MR) is 69.0 cm³/mol. The van der Waals surface area contributed by atoms with Crippen LogP contribution in [-0.4, -0.2) is 43.8 Å². The number of hydrogen-bond acceptors (Lipinski definition) is 3. The zero-order valence-corrected chi connectivity index (χ0v) is 11.6. The van der Waals surface area contributed by atoms with Gasteiger partial charge in [-0.15, -0.1) is 0 Å². The Hall–Kier alpha value is -0.870. The van der Waals surface area contributed by atoms with Gasteiger partial charge < -0.3 is 14.4 Å². The Bertz CT molecular complexity index is 347. The van der Waals surface area contributed by atoms with Crippen LogP contribution in [0.1, 0.15) is 32.6 Å². The molecule has 2 heterocycles. The minimum absolute atomic E-state index is 0.173. The van der Waals surface area contributed by atoms with Crippen molar-refractivity contribution in [3.8, 4) is 0 Å². The zero-order chi connectivity index (χ0) is 13.2. The van der Waals surface area contributed by atoms with Crippen LogP contribution in [0.5, 0.6) is 0 Å². The van der Waals surface area contributed by atoms with Crippen LogP contribution in [0.3, 0.4) is 0 Å². The second-order valence-corrected chi connectivity index (χ2v) is 5.79. The van der Waals surface area contributed by atoms with Gasteiger partial charge in [0.15, 0.2) is 0 Å². The van der Waals surface area contributed by atoms with Crippen LogP contribution in [0.4, 0.5) is 0 Å². The van der Waals surface area contributed by atoms with E-state index in [9.17, 15) is 4.79 Å². The van der Waals surface area contributed by atoms with Gasteiger partial charge in [0.05, 0.1) is 17.6 Å². The van der Waals surface area contributed by atoms with Crippen molar-refractivity contribution in [2.75, 3.05) is 27.4 Å². The van der Waals surface area contributed by atoms with E-state index in [1.807, 2.05) is 20.2 Å². The minimum atomic E-state index is -0.375. The molecule has 2 aliphatic heterocycles. The van der Waals surface area contributed by atoms with E-state index < -0.39 is 0 Å². The normalized spacial score (nSPS) is 37.1. The molecule has 1 fully saturated rings. The first kappa shape index (κ1) is 13.6. The van der Waals surface area contributed by atoms with Crippen molar-refractivity contribution in [3.05, 3.63) is 12.3 Å². The molecule has 0 saturated carbocycles. The van der Waals surface area contributed by atoms with E-state index in [1.165, 1.54) is 0 Å². The topological polar surface area (TPSA) is 38.8 Å². The Morgan fingerprint density at radius 3 is 2.94 bits per heavy atom. The Balaban J connectivity index is 2.15. The van der Waals surface area contributed by atoms with E-state index in [1.54, 1.807) is 12.0 Å². The first-order valence-corrected chi connectivity index (χ1v) is 6.58. The molecule has 0 bridgehead atoms. The molecular formula is C14H23NO3. The fraction of sp³-hybridized carbons (Fsp3) is 0.786. The second-order valence-electron chi connectivity index (χ2n) is 5.79. The fourth-order valence-corrected chi connectivity index (χ4v) is 3.11. The molecule has 18 heavy (non-hydrogen) atoms. The van der Waals surface area contributed by atoms with E-state index in [0.717, 1.165) is 32.3 Å². The maximum atomic E-state index is 12.4. The molecule has 1 saturated heterocycles. The lowest BCUT2D eigenvalue weighted by molar-refractivity contribution is -0.154. The molecule has 4 nitrogen and oxygen atoms in total. The lowest BCUT2D eigenvalue weighted by Crippen LogP contribution is -2.50. The summed E-state index contributed by atoms with van der Waals surface area (Å²) in [5.41, 5.74) is -0.672. The zero-order valence-electron chi connectivity index (χ0n) is 11.6. The van der Waals surface area contributed by atoms with Gasteiger partial charge in [0.2, 0.25) is 5.91 Å². The summed E-state index contributed by atoms with van der Waals surface area (Å²) < 4.78 is 11.3. The van der Waals surface area contributed by atoms with Gasteiger partial charge >= 0.3 is 0 Å². The molecular weight excluding hydrogens is 230 g/mol. The summed E-state index contributed by atoms with van der Waals surface area (Å²) in [5.74, 6) is 0.173. The van der Waals surface area contributed by atoms with Gasteiger partial charge in [0.25, 0.3) is 0 Å². The third-order valence-electron chi connectivity index (χ3n) is 4.17. The maximum absolute atomic E-state index is 12.4. The van der Waals surface area contributed by atoms with Crippen molar-refractivity contribution >= 4 is 5.91 Å². The summed E-state index contributed by atoms with van der Waals surface area (Å²) in [7, 11) is 3.54. The summed E-state index contributed by atoms with van der Waals surface area (Å²) in [4.78, 5) is 14.0. The molecule has 0 aromatic heterocycles. The van der Waals surface area contributed by atoms with Gasteiger partial charge in [0, 0.05) is 27.0 Å². The number of hydrogen-bond donors (Lipinski definition) is 0. The maximum Gasteiger partial charge on any atom is 0.232 e. The number of amides is 1. The minimum Gasteiger partial charge on any atom is -0.378 e. The van der Waals surface area contributed by atoms with Crippen LogP contribution in [0.15, 0.2) is 12.3 Å². The lowest BCUT2D eigenvalue weighted by Gasteiger charge is -2.43. The van der Waals surface area contributed by atoms with Crippen LogP contribution in [0.25, 0.3) is 0 Å². The number of ether oxygens (including phenoxy) is 2. The standard InChI is InChI=1S/C14H23NO3/c1-13(6-4-8-15(2)12(13)16)10-14(17-3)7-5-9-18-11-14/h4,8H,5-7,9-11H2,1-3H3. The summed E-state index contributed by atoms with van der Waals surface area (Å²) in [5, 5.41) is 0. The summed E-state index contributed by atoms with van der Waals surface area (Å²) in [6, 6.07) is 0. The first-order chi connectivity index (χ1) is 8.51. The third-order valence-corrected chi connectivity index (χ3v) is 4.17. The highest BCUT2D eigenvalue weighted by molar-refractivity contribution is 5.84.